The molecule has 1 aromatic carbocycles. The minimum atomic E-state index is -0.483. The highest BCUT2D eigenvalue weighted by Gasteiger charge is 2.33. The van der Waals surface area contributed by atoms with E-state index < -0.39 is 11.9 Å². The van der Waals surface area contributed by atoms with E-state index >= 15 is 0 Å². The quantitative estimate of drug-likeness (QED) is 0.614. The number of allylic oxidation sites excluding steroid dienone is 1. The summed E-state index contributed by atoms with van der Waals surface area (Å²) in [5.41, 5.74) is 1.55. The van der Waals surface area contributed by atoms with Crippen molar-refractivity contribution >= 4 is 35.1 Å². The maximum absolute atomic E-state index is 12.5. The zero-order valence-corrected chi connectivity index (χ0v) is 15.0. The summed E-state index contributed by atoms with van der Waals surface area (Å²) in [6.07, 6.45) is 0.120. The predicted molar refractivity (Wildman–Crippen MR) is 92.1 cm³/mol. The van der Waals surface area contributed by atoms with E-state index in [-0.39, 0.29) is 18.9 Å². The van der Waals surface area contributed by atoms with Crippen LogP contribution in [-0.4, -0.2) is 31.7 Å². The van der Waals surface area contributed by atoms with Crippen molar-refractivity contribution in [2.45, 2.75) is 26.2 Å². The number of hydrogen-bond donors (Lipinski definition) is 1. The van der Waals surface area contributed by atoms with Gasteiger partial charge in [0, 0.05) is 34.7 Å². The smallest absolute Gasteiger partial charge is 0.336 e. The Morgan fingerprint density at radius 1 is 1.33 bits per heavy atom. The number of halogens is 2. The lowest BCUT2D eigenvalue weighted by Crippen LogP contribution is -2.34. The summed E-state index contributed by atoms with van der Waals surface area (Å²) in [5.74, 6) is -1.12. The second-order valence-corrected chi connectivity index (χ2v) is 6.19. The Bertz CT molecular complexity index is 673. The lowest BCUT2D eigenvalue weighted by molar-refractivity contribution is -0.141. The molecule has 0 aliphatic carbocycles. The first kappa shape index (κ1) is 18.8. The molecule has 2 rings (SSSR count). The molecule has 0 fully saturated rings. The lowest BCUT2D eigenvalue weighted by Gasteiger charge is -2.27. The lowest BCUT2D eigenvalue weighted by atomic mass is 9.84. The van der Waals surface area contributed by atoms with Gasteiger partial charge in [0.15, 0.2) is 0 Å². The van der Waals surface area contributed by atoms with Gasteiger partial charge in [0.25, 0.3) is 0 Å². The van der Waals surface area contributed by atoms with E-state index in [1.165, 1.54) is 0 Å². The molecule has 0 unspecified atom stereocenters. The molecular formula is C17H19Cl2NO4. The Kier molecular flexibility index (Phi) is 6.66. The highest BCUT2D eigenvalue weighted by molar-refractivity contribution is 6.35. The Labute approximate surface area is 150 Å². The van der Waals surface area contributed by atoms with Crippen LogP contribution >= 0.6 is 23.2 Å². The zero-order valence-electron chi connectivity index (χ0n) is 13.5. The van der Waals surface area contributed by atoms with Crippen molar-refractivity contribution in [2.24, 2.45) is 0 Å². The van der Waals surface area contributed by atoms with Gasteiger partial charge in [-0.2, -0.15) is 0 Å². The molecule has 130 valence electrons. The van der Waals surface area contributed by atoms with E-state index in [2.05, 4.69) is 5.32 Å². The van der Waals surface area contributed by atoms with Crippen LogP contribution < -0.4 is 5.32 Å². The van der Waals surface area contributed by atoms with Gasteiger partial charge >= 0.3 is 5.97 Å². The van der Waals surface area contributed by atoms with E-state index in [9.17, 15) is 9.59 Å². The van der Waals surface area contributed by atoms with Gasteiger partial charge in [-0.25, -0.2) is 4.79 Å². The number of esters is 1. The van der Waals surface area contributed by atoms with Gasteiger partial charge in [0.2, 0.25) is 5.91 Å². The van der Waals surface area contributed by atoms with E-state index in [1.54, 1.807) is 25.1 Å². The SMILES string of the molecule is CCOCCOC(=O)C1=C(C)NC(=O)C[C@H]1c1ccc(Cl)cc1Cl. The summed E-state index contributed by atoms with van der Waals surface area (Å²) in [6, 6.07) is 5.01. The van der Waals surface area contributed by atoms with E-state index in [0.29, 0.717) is 40.1 Å². The van der Waals surface area contributed by atoms with Gasteiger partial charge in [0.05, 0.1) is 12.2 Å². The fourth-order valence-electron chi connectivity index (χ4n) is 2.64. The second kappa shape index (κ2) is 8.51. The molecule has 0 aromatic heterocycles. The van der Waals surface area contributed by atoms with E-state index in [0.717, 1.165) is 0 Å². The number of nitrogens with one attached hydrogen (secondary N) is 1. The molecular weight excluding hydrogens is 353 g/mol. The number of ether oxygens (including phenoxy) is 2. The first-order valence-corrected chi connectivity index (χ1v) is 8.40. The Morgan fingerprint density at radius 2 is 2.08 bits per heavy atom. The van der Waals surface area contributed by atoms with Crippen molar-refractivity contribution < 1.29 is 19.1 Å². The van der Waals surface area contributed by atoms with Crippen LogP contribution in [0.25, 0.3) is 0 Å². The van der Waals surface area contributed by atoms with Crippen molar-refractivity contribution in [2.75, 3.05) is 19.8 Å². The summed E-state index contributed by atoms with van der Waals surface area (Å²) in [4.78, 5) is 24.4. The molecule has 0 bridgehead atoms. The van der Waals surface area contributed by atoms with Crippen LogP contribution in [0.1, 0.15) is 31.7 Å². The van der Waals surface area contributed by atoms with Crippen molar-refractivity contribution in [3.63, 3.8) is 0 Å². The third-order valence-corrected chi connectivity index (χ3v) is 4.25. The van der Waals surface area contributed by atoms with Crippen LogP contribution in [0.2, 0.25) is 10.0 Å². The summed E-state index contributed by atoms with van der Waals surface area (Å²) in [7, 11) is 0. The van der Waals surface area contributed by atoms with Crippen LogP contribution in [-0.2, 0) is 19.1 Å². The molecule has 1 aliphatic rings. The van der Waals surface area contributed by atoms with Crippen LogP contribution in [0.3, 0.4) is 0 Å². The fraction of sp³-hybridized carbons (Fsp3) is 0.412. The number of rotatable bonds is 6. The van der Waals surface area contributed by atoms with Crippen LogP contribution in [0.4, 0.5) is 0 Å². The Balaban J connectivity index is 2.28. The minimum absolute atomic E-state index is 0.120. The highest BCUT2D eigenvalue weighted by Crippen LogP contribution is 2.37. The molecule has 0 radical (unpaired) electrons. The molecule has 0 spiro atoms. The van der Waals surface area contributed by atoms with Gasteiger partial charge in [-0.05, 0) is 31.5 Å². The van der Waals surface area contributed by atoms with Crippen LogP contribution in [0.5, 0.6) is 0 Å². The second-order valence-electron chi connectivity index (χ2n) is 5.34. The molecule has 0 saturated heterocycles. The number of hydrogen-bond acceptors (Lipinski definition) is 4. The maximum Gasteiger partial charge on any atom is 0.336 e. The van der Waals surface area contributed by atoms with Crippen molar-refractivity contribution in [3.05, 3.63) is 45.1 Å². The minimum Gasteiger partial charge on any atom is -0.460 e. The molecule has 5 nitrogen and oxygen atoms in total. The van der Waals surface area contributed by atoms with Crippen molar-refractivity contribution in [1.29, 1.82) is 0 Å². The summed E-state index contributed by atoms with van der Waals surface area (Å²) >= 11 is 12.2. The van der Waals surface area contributed by atoms with Gasteiger partial charge < -0.3 is 14.8 Å². The average molecular weight is 372 g/mol. The third-order valence-electron chi connectivity index (χ3n) is 3.69. The number of amides is 1. The Hall–Kier alpha value is -1.56. The average Bonchev–Trinajstić information content (AvgIpc) is 2.50. The molecule has 1 aromatic rings. The summed E-state index contributed by atoms with van der Waals surface area (Å²) in [6.45, 7) is 4.57. The predicted octanol–water partition coefficient (Wildman–Crippen LogP) is 3.45. The highest BCUT2D eigenvalue weighted by atomic mass is 35.5. The van der Waals surface area contributed by atoms with Gasteiger partial charge in [-0.15, -0.1) is 0 Å². The van der Waals surface area contributed by atoms with Gasteiger partial charge in [-0.3, -0.25) is 4.79 Å². The van der Waals surface area contributed by atoms with Crippen LogP contribution in [0.15, 0.2) is 29.5 Å². The summed E-state index contributed by atoms with van der Waals surface area (Å²) in [5, 5.41) is 3.58. The van der Waals surface area contributed by atoms with Gasteiger partial charge in [0.1, 0.15) is 6.61 Å². The number of benzene rings is 1. The van der Waals surface area contributed by atoms with Crippen molar-refractivity contribution in [1.82, 2.24) is 5.32 Å². The van der Waals surface area contributed by atoms with Gasteiger partial charge in [-0.1, -0.05) is 29.3 Å². The first-order chi connectivity index (χ1) is 11.4. The first-order valence-electron chi connectivity index (χ1n) is 7.64. The molecule has 24 heavy (non-hydrogen) atoms. The fourth-order valence-corrected chi connectivity index (χ4v) is 3.18. The number of carbonyl (C=O) groups excluding carboxylic acids is 2. The van der Waals surface area contributed by atoms with Crippen molar-refractivity contribution in [3.8, 4) is 0 Å². The van der Waals surface area contributed by atoms with E-state index in [4.69, 9.17) is 32.7 Å². The molecule has 1 heterocycles. The summed E-state index contributed by atoms with van der Waals surface area (Å²) < 4.78 is 10.4. The normalized spacial score (nSPS) is 17.7. The molecule has 1 N–H and O–H groups in total. The largest absolute Gasteiger partial charge is 0.460 e. The standard InChI is InChI=1S/C17H19Cl2NO4/c1-3-23-6-7-24-17(22)16-10(2)20-15(21)9-13(16)12-5-4-11(18)8-14(12)19/h4-5,8,13H,3,6-7,9H2,1-2H3,(H,20,21)/t13-/m0/s1. The topological polar surface area (TPSA) is 64.6 Å². The zero-order chi connectivity index (χ0) is 17.7. The number of carbonyl (C=O) groups is 2. The Morgan fingerprint density at radius 3 is 2.75 bits per heavy atom. The monoisotopic (exact) mass is 371 g/mol. The molecule has 1 aliphatic heterocycles. The van der Waals surface area contributed by atoms with Crippen LogP contribution in [0, 0.1) is 0 Å². The molecule has 7 heteroatoms. The maximum atomic E-state index is 12.5. The molecule has 1 amide bonds. The molecule has 0 saturated carbocycles. The van der Waals surface area contributed by atoms with E-state index in [1.807, 2.05) is 6.92 Å². The molecule has 1 atom stereocenters. The third kappa shape index (κ3) is 4.50.